The van der Waals surface area contributed by atoms with E-state index in [0.717, 1.165) is 6.07 Å². The molecular formula is C14H11NO5S. The second-order valence-corrected chi connectivity index (χ2v) is 5.51. The van der Waals surface area contributed by atoms with E-state index < -0.39 is 26.8 Å². The van der Waals surface area contributed by atoms with Crippen molar-refractivity contribution in [2.24, 2.45) is 0 Å². The first-order chi connectivity index (χ1) is 9.89. The van der Waals surface area contributed by atoms with Crippen molar-refractivity contribution < 1.29 is 22.6 Å². The Labute approximate surface area is 121 Å². The summed E-state index contributed by atoms with van der Waals surface area (Å²) < 4.78 is 31.5. The average molecular weight is 305 g/mol. The van der Waals surface area contributed by atoms with E-state index in [2.05, 4.69) is 5.32 Å². The zero-order valence-electron chi connectivity index (χ0n) is 10.7. The van der Waals surface area contributed by atoms with Gasteiger partial charge in [-0.05, 0) is 24.3 Å². The van der Waals surface area contributed by atoms with E-state index in [9.17, 15) is 18.0 Å². The molecule has 2 rings (SSSR count). The van der Waals surface area contributed by atoms with Crippen molar-refractivity contribution in [3.63, 3.8) is 0 Å². The third-order valence-electron chi connectivity index (χ3n) is 2.67. The Kier molecular flexibility index (Phi) is 4.15. The minimum Gasteiger partial charge on any atom is -0.288 e. The number of hydrogen-bond acceptors (Lipinski definition) is 4. The van der Waals surface area contributed by atoms with Gasteiger partial charge < -0.3 is 0 Å². The number of nitrogens with one attached hydrogen (secondary N) is 1. The second kappa shape index (κ2) is 5.86. The molecule has 0 radical (unpaired) electrons. The Morgan fingerprint density at radius 1 is 0.857 bits per heavy atom. The molecule has 0 saturated heterocycles. The molecule has 0 aliphatic carbocycles. The van der Waals surface area contributed by atoms with Crippen LogP contribution in [-0.2, 0) is 10.1 Å². The number of hydrogen-bond donors (Lipinski definition) is 2. The molecule has 2 aromatic carbocycles. The Morgan fingerprint density at radius 3 is 2.05 bits per heavy atom. The standard InChI is InChI=1S/C14H11NO5S/c16-13(10-6-2-1-3-7-10)15-14(17)11-8-4-5-9-12(11)21(18,19)20/h1-9H,(H,15,16,17)(H,18,19,20). The van der Waals surface area contributed by atoms with Crippen LogP contribution in [0.3, 0.4) is 0 Å². The van der Waals surface area contributed by atoms with Crippen molar-refractivity contribution in [2.45, 2.75) is 4.90 Å². The minimum absolute atomic E-state index is 0.259. The maximum absolute atomic E-state index is 12.0. The molecule has 0 saturated carbocycles. The first-order valence-electron chi connectivity index (χ1n) is 5.87. The average Bonchev–Trinajstić information content (AvgIpc) is 2.47. The van der Waals surface area contributed by atoms with Crippen molar-refractivity contribution in [1.29, 1.82) is 0 Å². The van der Waals surface area contributed by atoms with Crippen molar-refractivity contribution in [1.82, 2.24) is 5.32 Å². The topological polar surface area (TPSA) is 101 Å². The van der Waals surface area contributed by atoms with Crippen LogP contribution in [0.2, 0.25) is 0 Å². The Balaban J connectivity index is 2.28. The van der Waals surface area contributed by atoms with Gasteiger partial charge in [0.2, 0.25) is 0 Å². The van der Waals surface area contributed by atoms with Gasteiger partial charge in [-0.1, -0.05) is 30.3 Å². The van der Waals surface area contributed by atoms with E-state index in [1.807, 2.05) is 0 Å². The van der Waals surface area contributed by atoms with E-state index in [1.54, 1.807) is 18.2 Å². The van der Waals surface area contributed by atoms with E-state index in [1.165, 1.54) is 30.3 Å². The zero-order chi connectivity index (χ0) is 15.5. The van der Waals surface area contributed by atoms with E-state index in [0.29, 0.717) is 0 Å². The van der Waals surface area contributed by atoms with Gasteiger partial charge in [0.1, 0.15) is 4.90 Å². The van der Waals surface area contributed by atoms with Gasteiger partial charge in [-0.2, -0.15) is 8.42 Å². The third kappa shape index (κ3) is 3.53. The van der Waals surface area contributed by atoms with Gasteiger partial charge in [0, 0.05) is 5.56 Å². The van der Waals surface area contributed by atoms with Gasteiger partial charge >= 0.3 is 0 Å². The van der Waals surface area contributed by atoms with Crippen LogP contribution < -0.4 is 5.32 Å². The van der Waals surface area contributed by atoms with Gasteiger partial charge in [0.05, 0.1) is 5.56 Å². The van der Waals surface area contributed by atoms with Crippen molar-refractivity contribution in [3.8, 4) is 0 Å². The highest BCUT2D eigenvalue weighted by atomic mass is 32.2. The Hall–Kier alpha value is -2.51. The maximum atomic E-state index is 12.0. The van der Waals surface area contributed by atoms with Gasteiger partial charge in [-0.25, -0.2) is 0 Å². The lowest BCUT2D eigenvalue weighted by molar-refractivity contribution is 0.0847. The number of amides is 2. The van der Waals surface area contributed by atoms with Crippen LogP contribution in [0.4, 0.5) is 0 Å². The molecule has 2 N–H and O–H groups in total. The summed E-state index contributed by atoms with van der Waals surface area (Å²) in [6, 6.07) is 13.1. The molecule has 21 heavy (non-hydrogen) atoms. The summed E-state index contributed by atoms with van der Waals surface area (Å²) in [5, 5.41) is 2.07. The van der Waals surface area contributed by atoms with Gasteiger partial charge in [0.25, 0.3) is 21.9 Å². The van der Waals surface area contributed by atoms with Crippen molar-refractivity contribution in [3.05, 3.63) is 65.7 Å². The zero-order valence-corrected chi connectivity index (χ0v) is 11.5. The Morgan fingerprint density at radius 2 is 1.43 bits per heavy atom. The van der Waals surface area contributed by atoms with Crippen LogP contribution in [0.5, 0.6) is 0 Å². The quantitative estimate of drug-likeness (QED) is 0.661. The van der Waals surface area contributed by atoms with Crippen LogP contribution in [-0.4, -0.2) is 24.8 Å². The van der Waals surface area contributed by atoms with Crippen molar-refractivity contribution in [2.75, 3.05) is 0 Å². The van der Waals surface area contributed by atoms with Gasteiger partial charge in [0.15, 0.2) is 0 Å². The SMILES string of the molecule is O=C(NC(=O)c1ccccc1S(=O)(=O)O)c1ccccc1. The minimum atomic E-state index is -4.55. The largest absolute Gasteiger partial charge is 0.295 e. The molecule has 0 aromatic heterocycles. The van der Waals surface area contributed by atoms with Crippen molar-refractivity contribution >= 4 is 21.9 Å². The molecule has 0 aliphatic rings. The summed E-state index contributed by atoms with van der Waals surface area (Å²) in [7, 11) is -4.55. The normalized spacial score (nSPS) is 10.9. The van der Waals surface area contributed by atoms with Gasteiger partial charge in [-0.3, -0.25) is 19.5 Å². The molecule has 108 valence electrons. The Bertz CT molecular complexity index is 784. The lowest BCUT2D eigenvalue weighted by atomic mass is 10.2. The van der Waals surface area contributed by atoms with E-state index >= 15 is 0 Å². The molecule has 0 atom stereocenters. The fourth-order valence-corrected chi connectivity index (χ4v) is 2.40. The summed E-state index contributed by atoms with van der Waals surface area (Å²) >= 11 is 0. The van der Waals surface area contributed by atoms with Crippen LogP contribution in [0.25, 0.3) is 0 Å². The molecular weight excluding hydrogens is 294 g/mol. The molecule has 0 heterocycles. The number of carbonyl (C=O) groups is 2. The number of rotatable bonds is 3. The summed E-state index contributed by atoms with van der Waals surface area (Å²) in [5.74, 6) is -1.57. The first kappa shape index (κ1) is 14.9. The fraction of sp³-hybridized carbons (Fsp3) is 0. The highest BCUT2D eigenvalue weighted by molar-refractivity contribution is 7.86. The smallest absolute Gasteiger partial charge is 0.288 e. The number of imide groups is 1. The lowest BCUT2D eigenvalue weighted by Gasteiger charge is -2.07. The molecule has 0 unspecified atom stereocenters. The highest BCUT2D eigenvalue weighted by Crippen LogP contribution is 2.15. The lowest BCUT2D eigenvalue weighted by Crippen LogP contribution is -2.31. The number of carbonyl (C=O) groups excluding carboxylic acids is 2. The molecule has 0 bridgehead atoms. The first-order valence-corrected chi connectivity index (χ1v) is 7.31. The van der Waals surface area contributed by atoms with E-state index in [4.69, 9.17) is 4.55 Å². The predicted octanol–water partition coefficient (Wildman–Crippen LogP) is 1.50. The highest BCUT2D eigenvalue weighted by Gasteiger charge is 2.21. The van der Waals surface area contributed by atoms with Gasteiger partial charge in [-0.15, -0.1) is 0 Å². The second-order valence-electron chi connectivity index (χ2n) is 4.12. The summed E-state index contributed by atoms with van der Waals surface area (Å²) in [4.78, 5) is 23.3. The molecule has 2 aromatic rings. The number of benzene rings is 2. The molecule has 2 amide bonds. The molecule has 0 fully saturated rings. The molecule has 0 spiro atoms. The van der Waals surface area contributed by atoms with E-state index in [-0.39, 0.29) is 11.1 Å². The predicted molar refractivity (Wildman–Crippen MR) is 74.5 cm³/mol. The molecule has 0 aliphatic heterocycles. The maximum Gasteiger partial charge on any atom is 0.295 e. The van der Waals surface area contributed by atoms with Crippen LogP contribution in [0.1, 0.15) is 20.7 Å². The monoisotopic (exact) mass is 305 g/mol. The summed E-state index contributed by atoms with van der Waals surface area (Å²) in [5.41, 5.74) is -0.0422. The molecule has 6 nitrogen and oxygen atoms in total. The van der Waals surface area contributed by atoms with Crippen LogP contribution in [0, 0.1) is 0 Å². The third-order valence-corrected chi connectivity index (χ3v) is 3.58. The summed E-state index contributed by atoms with van der Waals surface area (Å²) in [6.07, 6.45) is 0. The molecule has 7 heteroatoms. The fourth-order valence-electron chi connectivity index (χ4n) is 1.71. The van der Waals surface area contributed by atoms with Crippen LogP contribution in [0.15, 0.2) is 59.5 Å². The summed E-state index contributed by atoms with van der Waals surface area (Å²) in [6.45, 7) is 0. The van der Waals surface area contributed by atoms with Crippen LogP contribution >= 0.6 is 0 Å².